The third-order valence-electron chi connectivity index (χ3n) is 3.94. The third kappa shape index (κ3) is 3.30. The van der Waals surface area contributed by atoms with Crippen LogP contribution in [0.4, 0.5) is 8.78 Å². The molecular formula is C19H18F2N2O2. The van der Waals surface area contributed by atoms with E-state index in [1.807, 2.05) is 38.1 Å². The van der Waals surface area contributed by atoms with E-state index in [0.717, 1.165) is 41.3 Å². The van der Waals surface area contributed by atoms with Crippen LogP contribution >= 0.6 is 0 Å². The molecule has 0 aliphatic carbocycles. The van der Waals surface area contributed by atoms with Crippen molar-refractivity contribution in [3.63, 3.8) is 0 Å². The van der Waals surface area contributed by atoms with E-state index >= 15 is 0 Å². The minimum atomic E-state index is -3.47. The summed E-state index contributed by atoms with van der Waals surface area (Å²) in [6.07, 6.45) is -2.42. The molecule has 0 unspecified atom stereocenters. The van der Waals surface area contributed by atoms with Crippen LogP contribution in [0.5, 0.6) is 5.75 Å². The van der Waals surface area contributed by atoms with Gasteiger partial charge in [0.15, 0.2) is 5.69 Å². The van der Waals surface area contributed by atoms with Crippen molar-refractivity contribution in [2.24, 2.45) is 0 Å². The first-order chi connectivity index (χ1) is 11.8. The summed E-state index contributed by atoms with van der Waals surface area (Å²) < 4.78 is 37.0. The molecule has 0 atom stereocenters. The normalized spacial score (nSPS) is 11.8. The predicted octanol–water partition coefficient (Wildman–Crippen LogP) is 4.62. The standard InChI is InChI=1S/C19H18F2N2O2/c1-11-5-13(9-14(6-11)24-3)15-7-12(2)8-16-18(15)22-10-17(23-16)19(20,21)25-4/h5-10H,1-4H3. The molecule has 1 heterocycles. The summed E-state index contributed by atoms with van der Waals surface area (Å²) in [5, 5.41) is 0. The van der Waals surface area contributed by atoms with Crippen LogP contribution in [0.15, 0.2) is 36.5 Å². The summed E-state index contributed by atoms with van der Waals surface area (Å²) in [6.45, 7) is 3.85. The van der Waals surface area contributed by atoms with Gasteiger partial charge in [0.25, 0.3) is 0 Å². The Hall–Kier alpha value is -2.60. The van der Waals surface area contributed by atoms with E-state index in [0.29, 0.717) is 11.0 Å². The molecular weight excluding hydrogens is 326 g/mol. The maximum Gasteiger partial charge on any atom is 0.401 e. The maximum atomic E-state index is 13.7. The second-order valence-electron chi connectivity index (χ2n) is 5.90. The molecule has 25 heavy (non-hydrogen) atoms. The van der Waals surface area contributed by atoms with Gasteiger partial charge in [0.1, 0.15) is 5.75 Å². The molecule has 0 saturated carbocycles. The summed E-state index contributed by atoms with van der Waals surface area (Å²) in [6, 6.07) is 9.49. The van der Waals surface area contributed by atoms with Crippen LogP contribution in [-0.2, 0) is 10.8 Å². The van der Waals surface area contributed by atoms with Crippen molar-refractivity contribution < 1.29 is 18.3 Å². The smallest absolute Gasteiger partial charge is 0.401 e. The summed E-state index contributed by atoms with van der Waals surface area (Å²) in [4.78, 5) is 8.30. The highest BCUT2D eigenvalue weighted by Crippen LogP contribution is 2.33. The molecule has 0 fully saturated rings. The molecule has 0 aliphatic heterocycles. The Morgan fingerprint density at radius 2 is 1.68 bits per heavy atom. The first kappa shape index (κ1) is 17.2. The Labute approximate surface area is 144 Å². The number of benzene rings is 2. The molecule has 0 N–H and O–H groups in total. The highest BCUT2D eigenvalue weighted by atomic mass is 19.3. The van der Waals surface area contributed by atoms with Crippen LogP contribution in [0, 0.1) is 13.8 Å². The highest BCUT2D eigenvalue weighted by Gasteiger charge is 2.34. The largest absolute Gasteiger partial charge is 0.497 e. The molecule has 2 aromatic carbocycles. The van der Waals surface area contributed by atoms with Crippen LogP contribution in [0.1, 0.15) is 16.8 Å². The van der Waals surface area contributed by atoms with Crippen molar-refractivity contribution in [1.29, 1.82) is 0 Å². The molecule has 0 saturated heterocycles. The Bertz CT molecular complexity index is 942. The summed E-state index contributed by atoms with van der Waals surface area (Å²) in [7, 11) is 2.54. The first-order valence-corrected chi connectivity index (χ1v) is 7.71. The minimum absolute atomic E-state index is 0.393. The van der Waals surface area contributed by atoms with Gasteiger partial charge in [-0.05, 0) is 54.8 Å². The molecule has 3 rings (SSSR count). The molecule has 6 heteroatoms. The number of ether oxygens (including phenoxy) is 2. The Morgan fingerprint density at radius 1 is 0.960 bits per heavy atom. The molecule has 0 radical (unpaired) electrons. The van der Waals surface area contributed by atoms with Crippen LogP contribution < -0.4 is 4.74 Å². The lowest BCUT2D eigenvalue weighted by Crippen LogP contribution is -2.18. The number of aromatic nitrogens is 2. The number of nitrogens with zero attached hydrogens (tertiary/aromatic N) is 2. The SMILES string of the molecule is COc1cc(C)cc(-c2cc(C)cc3nc(C(F)(F)OC)cnc23)c1. The van der Waals surface area contributed by atoms with Crippen LogP contribution in [0.2, 0.25) is 0 Å². The highest BCUT2D eigenvalue weighted by molar-refractivity contribution is 5.92. The Balaban J connectivity index is 2.24. The van der Waals surface area contributed by atoms with Crippen LogP contribution in [-0.4, -0.2) is 24.2 Å². The van der Waals surface area contributed by atoms with Crippen LogP contribution in [0.3, 0.4) is 0 Å². The number of fused-ring (bicyclic) bond motifs is 1. The zero-order chi connectivity index (χ0) is 18.2. The number of rotatable bonds is 4. The van der Waals surface area contributed by atoms with Gasteiger partial charge in [-0.15, -0.1) is 0 Å². The summed E-state index contributed by atoms with van der Waals surface area (Å²) in [5.74, 6) is 0.722. The van der Waals surface area contributed by atoms with E-state index in [-0.39, 0.29) is 0 Å². The fourth-order valence-corrected chi connectivity index (χ4v) is 2.75. The van der Waals surface area contributed by atoms with Crippen molar-refractivity contribution in [3.8, 4) is 16.9 Å². The monoisotopic (exact) mass is 344 g/mol. The minimum Gasteiger partial charge on any atom is -0.497 e. The van der Waals surface area contributed by atoms with Crippen molar-refractivity contribution in [2.45, 2.75) is 20.0 Å². The summed E-state index contributed by atoms with van der Waals surface area (Å²) in [5.41, 5.74) is 4.07. The van der Waals surface area contributed by atoms with Crippen molar-refractivity contribution in [1.82, 2.24) is 9.97 Å². The maximum absolute atomic E-state index is 13.7. The number of methoxy groups -OCH3 is 2. The fourth-order valence-electron chi connectivity index (χ4n) is 2.75. The van der Waals surface area contributed by atoms with E-state index < -0.39 is 11.8 Å². The molecule has 0 spiro atoms. The lowest BCUT2D eigenvalue weighted by Gasteiger charge is -2.15. The van der Waals surface area contributed by atoms with Crippen LogP contribution in [0.25, 0.3) is 22.2 Å². The molecule has 1 aromatic heterocycles. The van der Waals surface area contributed by atoms with E-state index in [9.17, 15) is 8.78 Å². The average Bonchev–Trinajstić information content (AvgIpc) is 2.59. The molecule has 4 nitrogen and oxygen atoms in total. The molecule has 130 valence electrons. The third-order valence-corrected chi connectivity index (χ3v) is 3.94. The van der Waals surface area contributed by atoms with E-state index in [2.05, 4.69) is 14.7 Å². The number of hydrogen-bond donors (Lipinski definition) is 0. The number of halogens is 2. The molecule has 0 bridgehead atoms. The van der Waals surface area contributed by atoms with E-state index in [1.54, 1.807) is 13.2 Å². The Morgan fingerprint density at radius 3 is 2.36 bits per heavy atom. The number of alkyl halides is 2. The van der Waals surface area contributed by atoms with Crippen molar-refractivity contribution >= 4 is 11.0 Å². The topological polar surface area (TPSA) is 44.2 Å². The van der Waals surface area contributed by atoms with E-state index in [1.165, 1.54) is 0 Å². The van der Waals surface area contributed by atoms with Gasteiger partial charge in [-0.2, -0.15) is 8.78 Å². The predicted molar refractivity (Wildman–Crippen MR) is 91.9 cm³/mol. The second kappa shape index (κ2) is 6.37. The van der Waals surface area contributed by atoms with Crippen molar-refractivity contribution in [3.05, 3.63) is 53.3 Å². The van der Waals surface area contributed by atoms with Gasteiger partial charge in [-0.3, -0.25) is 4.98 Å². The van der Waals surface area contributed by atoms with Gasteiger partial charge >= 0.3 is 6.11 Å². The quantitative estimate of drug-likeness (QED) is 0.693. The van der Waals surface area contributed by atoms with Gasteiger partial charge in [0.2, 0.25) is 0 Å². The lowest BCUT2D eigenvalue weighted by molar-refractivity contribution is -0.234. The fraction of sp³-hybridized carbons (Fsp3) is 0.263. The molecule has 3 aromatic rings. The first-order valence-electron chi connectivity index (χ1n) is 7.71. The van der Waals surface area contributed by atoms with Gasteiger partial charge in [0.05, 0.1) is 24.3 Å². The van der Waals surface area contributed by atoms with Crippen molar-refractivity contribution in [2.75, 3.05) is 14.2 Å². The summed E-state index contributed by atoms with van der Waals surface area (Å²) >= 11 is 0. The lowest BCUT2D eigenvalue weighted by atomic mass is 9.99. The zero-order valence-electron chi connectivity index (χ0n) is 14.4. The Kier molecular flexibility index (Phi) is 4.39. The molecule has 0 aliphatic rings. The zero-order valence-corrected chi connectivity index (χ0v) is 14.4. The van der Waals surface area contributed by atoms with Gasteiger partial charge in [0, 0.05) is 12.7 Å². The van der Waals surface area contributed by atoms with Gasteiger partial charge in [-0.25, -0.2) is 4.98 Å². The molecule has 0 amide bonds. The second-order valence-corrected chi connectivity index (χ2v) is 5.90. The van der Waals surface area contributed by atoms with Gasteiger partial charge < -0.3 is 9.47 Å². The number of aryl methyl sites for hydroxylation is 2. The average molecular weight is 344 g/mol. The number of hydrogen-bond acceptors (Lipinski definition) is 4. The van der Waals surface area contributed by atoms with Gasteiger partial charge in [-0.1, -0.05) is 6.07 Å². The van der Waals surface area contributed by atoms with E-state index in [4.69, 9.17) is 4.74 Å².